The third kappa shape index (κ3) is 42.6. The first-order valence-electron chi connectivity index (χ1n) is 24.0. The van der Waals surface area contributed by atoms with Crippen LogP contribution >= 0.6 is 7.82 Å². The van der Waals surface area contributed by atoms with Crippen molar-refractivity contribution in [1.29, 1.82) is 0 Å². The highest BCUT2D eigenvalue weighted by Crippen LogP contribution is 2.38. The number of likely N-dealkylation sites (N-methyl/N-ethyl adjacent to an activating group) is 1. The Balaban J connectivity index is 4.44. The smallest absolute Gasteiger partial charge is 0.268 e. The van der Waals surface area contributed by atoms with Gasteiger partial charge in [0, 0.05) is 6.42 Å². The Morgan fingerprint density at radius 3 is 1.40 bits per heavy atom. The molecule has 2 N–H and O–H groups in total. The summed E-state index contributed by atoms with van der Waals surface area (Å²) in [6, 6.07) is -0.910. The molecule has 0 aliphatic carbocycles. The summed E-state index contributed by atoms with van der Waals surface area (Å²) in [4.78, 5) is 25.3. The number of phosphoric acid groups is 1. The number of aliphatic hydroxyl groups excluding tert-OH is 1. The van der Waals surface area contributed by atoms with E-state index in [2.05, 4.69) is 55.6 Å². The number of rotatable bonds is 43. The number of carbonyl (C=O) groups excluding carboxylic acids is 1. The molecule has 0 heterocycles. The zero-order valence-corrected chi connectivity index (χ0v) is 39.4. The number of nitrogens with one attached hydrogen (secondary N) is 1. The molecular formula is C49H93N2O6P. The van der Waals surface area contributed by atoms with Crippen LogP contribution in [-0.2, 0) is 18.4 Å². The van der Waals surface area contributed by atoms with Gasteiger partial charge in [0.25, 0.3) is 7.82 Å². The number of hydrogen-bond donors (Lipinski definition) is 2. The summed E-state index contributed by atoms with van der Waals surface area (Å²) in [5, 5.41) is 13.8. The Hall–Kier alpha value is -1.54. The highest BCUT2D eigenvalue weighted by atomic mass is 31.2. The summed E-state index contributed by atoms with van der Waals surface area (Å²) >= 11 is 0. The predicted molar refractivity (Wildman–Crippen MR) is 247 cm³/mol. The number of unbranched alkanes of at least 4 members (excludes halogenated alkanes) is 24. The van der Waals surface area contributed by atoms with E-state index in [1.165, 1.54) is 141 Å². The molecule has 58 heavy (non-hydrogen) atoms. The number of phosphoric ester groups is 1. The van der Waals surface area contributed by atoms with E-state index in [0.717, 1.165) is 44.9 Å². The maximum Gasteiger partial charge on any atom is 0.268 e. The lowest BCUT2D eigenvalue weighted by Gasteiger charge is -2.29. The molecule has 340 valence electrons. The number of nitrogens with zero attached hydrogens (tertiary/aromatic N) is 1. The van der Waals surface area contributed by atoms with E-state index in [1.54, 1.807) is 6.08 Å². The molecule has 0 aromatic heterocycles. The van der Waals surface area contributed by atoms with Gasteiger partial charge in [0.05, 0.1) is 39.9 Å². The number of allylic oxidation sites excluding steroid dienone is 7. The predicted octanol–water partition coefficient (Wildman–Crippen LogP) is 13.0. The van der Waals surface area contributed by atoms with Crippen LogP contribution in [0.25, 0.3) is 0 Å². The van der Waals surface area contributed by atoms with Gasteiger partial charge in [-0.25, -0.2) is 0 Å². The van der Waals surface area contributed by atoms with E-state index < -0.39 is 26.6 Å². The van der Waals surface area contributed by atoms with Crippen molar-refractivity contribution < 1.29 is 32.9 Å². The van der Waals surface area contributed by atoms with Crippen LogP contribution in [0, 0.1) is 0 Å². The number of aliphatic hydroxyl groups is 1. The van der Waals surface area contributed by atoms with Crippen LogP contribution in [-0.4, -0.2) is 68.5 Å². The molecule has 1 amide bonds. The third-order valence-corrected chi connectivity index (χ3v) is 11.5. The molecule has 0 aliphatic heterocycles. The molecule has 3 atom stereocenters. The fourth-order valence-corrected chi connectivity index (χ4v) is 7.37. The lowest BCUT2D eigenvalue weighted by atomic mass is 10.0. The second kappa shape index (κ2) is 40.8. The van der Waals surface area contributed by atoms with Gasteiger partial charge >= 0.3 is 0 Å². The van der Waals surface area contributed by atoms with Crippen molar-refractivity contribution in [3.63, 3.8) is 0 Å². The van der Waals surface area contributed by atoms with Crippen molar-refractivity contribution in [2.24, 2.45) is 0 Å². The minimum atomic E-state index is -4.60. The largest absolute Gasteiger partial charge is 0.756 e. The van der Waals surface area contributed by atoms with Crippen LogP contribution in [0.4, 0.5) is 0 Å². The molecule has 8 nitrogen and oxygen atoms in total. The van der Waals surface area contributed by atoms with Gasteiger partial charge in [-0.05, 0) is 70.6 Å². The lowest BCUT2D eigenvalue weighted by molar-refractivity contribution is -0.870. The second-order valence-corrected chi connectivity index (χ2v) is 18.8. The van der Waals surface area contributed by atoms with Crippen LogP contribution in [0.15, 0.2) is 48.6 Å². The summed E-state index contributed by atoms with van der Waals surface area (Å²) in [7, 11) is 1.23. The van der Waals surface area contributed by atoms with E-state index >= 15 is 0 Å². The first-order valence-corrected chi connectivity index (χ1v) is 25.5. The minimum absolute atomic E-state index is 0.0101. The van der Waals surface area contributed by atoms with Crippen molar-refractivity contribution in [3.05, 3.63) is 48.6 Å². The summed E-state index contributed by atoms with van der Waals surface area (Å²) in [6.45, 7) is 4.60. The molecule has 0 saturated carbocycles. The molecule has 0 bridgehead atoms. The lowest BCUT2D eigenvalue weighted by Crippen LogP contribution is -2.45. The van der Waals surface area contributed by atoms with Crippen molar-refractivity contribution in [2.75, 3.05) is 40.9 Å². The Morgan fingerprint density at radius 2 is 0.966 bits per heavy atom. The minimum Gasteiger partial charge on any atom is -0.756 e. The highest BCUT2D eigenvalue weighted by Gasteiger charge is 2.23. The van der Waals surface area contributed by atoms with Gasteiger partial charge in [-0.1, -0.05) is 178 Å². The number of amides is 1. The van der Waals surface area contributed by atoms with Crippen molar-refractivity contribution >= 4 is 13.7 Å². The zero-order chi connectivity index (χ0) is 42.8. The highest BCUT2D eigenvalue weighted by molar-refractivity contribution is 7.45. The molecule has 9 heteroatoms. The fourth-order valence-electron chi connectivity index (χ4n) is 6.65. The van der Waals surface area contributed by atoms with Gasteiger partial charge in [0.1, 0.15) is 13.2 Å². The standard InChI is InChI=1S/C49H93N2O6P/c1-6-8-10-12-14-16-18-20-22-24-25-27-29-31-33-35-37-39-41-43-49(53)50-47(46-57-58(54,55)56-45-44-51(3,4)5)48(52)42-40-38-36-34-32-30-28-26-23-21-19-17-15-13-11-9-7-2/h20,22-23,26,32,34,40,42,47-48,52H,6-19,21,24-25,27-31,33,35-39,41,43-46H2,1-5H3,(H-,50,53,54,55)/b22-20-,26-23+,34-32+,42-40+. The molecular weight excluding hydrogens is 744 g/mol. The monoisotopic (exact) mass is 837 g/mol. The van der Waals surface area contributed by atoms with Gasteiger partial charge in [-0.3, -0.25) is 9.36 Å². The van der Waals surface area contributed by atoms with Crippen LogP contribution < -0.4 is 10.2 Å². The number of quaternary nitrogens is 1. The van der Waals surface area contributed by atoms with Crippen LogP contribution in [0.5, 0.6) is 0 Å². The van der Waals surface area contributed by atoms with E-state index in [9.17, 15) is 19.4 Å². The van der Waals surface area contributed by atoms with Crippen LogP contribution in [0.2, 0.25) is 0 Å². The first-order chi connectivity index (χ1) is 28.0. The van der Waals surface area contributed by atoms with Crippen molar-refractivity contribution in [2.45, 2.75) is 219 Å². The molecule has 0 aromatic carbocycles. The molecule has 0 spiro atoms. The molecule has 0 aliphatic rings. The van der Waals surface area contributed by atoms with E-state index in [0.29, 0.717) is 17.4 Å². The zero-order valence-electron chi connectivity index (χ0n) is 38.5. The average molecular weight is 837 g/mol. The van der Waals surface area contributed by atoms with Gasteiger partial charge < -0.3 is 28.8 Å². The molecule has 0 saturated heterocycles. The number of carbonyl (C=O) groups is 1. The van der Waals surface area contributed by atoms with Gasteiger partial charge in [-0.15, -0.1) is 0 Å². The Kier molecular flexibility index (Phi) is 39.8. The summed E-state index contributed by atoms with van der Waals surface area (Å²) in [6.07, 6.45) is 51.6. The number of hydrogen-bond acceptors (Lipinski definition) is 6. The van der Waals surface area contributed by atoms with E-state index in [1.807, 2.05) is 27.2 Å². The summed E-state index contributed by atoms with van der Waals surface area (Å²) in [5.41, 5.74) is 0. The Labute approximate surface area is 359 Å². The first kappa shape index (κ1) is 56.5. The van der Waals surface area contributed by atoms with Crippen molar-refractivity contribution in [3.8, 4) is 0 Å². The SMILES string of the molecule is CCCCCCCC/C=C\CCCCCCCCCCCC(=O)NC(COP(=O)([O-])OCC[N+](C)(C)C)C(O)/C=C/CC/C=C/CC/C=C/CCCCCCCCC. The molecule has 0 aromatic rings. The van der Waals surface area contributed by atoms with Crippen LogP contribution in [0.3, 0.4) is 0 Å². The molecule has 0 radical (unpaired) electrons. The van der Waals surface area contributed by atoms with E-state index in [4.69, 9.17) is 9.05 Å². The summed E-state index contributed by atoms with van der Waals surface area (Å²) in [5.74, 6) is -0.215. The maximum absolute atomic E-state index is 12.9. The Bertz CT molecular complexity index is 1090. The third-order valence-electron chi connectivity index (χ3n) is 10.5. The molecule has 0 rings (SSSR count). The topological polar surface area (TPSA) is 108 Å². The maximum atomic E-state index is 12.9. The second-order valence-electron chi connectivity index (χ2n) is 17.4. The van der Waals surface area contributed by atoms with Gasteiger partial charge in [-0.2, -0.15) is 0 Å². The Morgan fingerprint density at radius 1 is 0.586 bits per heavy atom. The fraction of sp³-hybridized carbons (Fsp3) is 0.816. The van der Waals surface area contributed by atoms with E-state index in [-0.39, 0.29) is 12.5 Å². The van der Waals surface area contributed by atoms with Crippen LogP contribution in [0.1, 0.15) is 206 Å². The normalized spacial score (nSPS) is 14.7. The van der Waals surface area contributed by atoms with Gasteiger partial charge in [0.15, 0.2) is 0 Å². The average Bonchev–Trinajstić information content (AvgIpc) is 3.17. The summed E-state index contributed by atoms with van der Waals surface area (Å²) < 4.78 is 23.2. The molecule has 0 fully saturated rings. The van der Waals surface area contributed by atoms with Crippen molar-refractivity contribution in [1.82, 2.24) is 5.32 Å². The molecule has 3 unspecified atom stereocenters. The quantitative estimate of drug-likeness (QED) is 0.0274. The van der Waals surface area contributed by atoms with Gasteiger partial charge in [0.2, 0.25) is 5.91 Å².